The Morgan fingerprint density at radius 3 is 2.70 bits per heavy atom. The summed E-state index contributed by atoms with van der Waals surface area (Å²) in [6, 6.07) is 1.27. The van der Waals surface area contributed by atoms with Crippen LogP contribution < -0.4 is 15.1 Å². The largest absolute Gasteiger partial charge is 0.511 e. The molecule has 4 rings (SSSR count). The molecule has 2 N–H and O–H groups in total. The van der Waals surface area contributed by atoms with Crippen molar-refractivity contribution in [2.24, 2.45) is 0 Å². The Hall–Kier alpha value is -2.36. The van der Waals surface area contributed by atoms with E-state index in [2.05, 4.69) is 9.64 Å². The number of carboxylic acid groups (broad SMARTS) is 1. The molecule has 1 aliphatic carbocycles. The number of piperazine rings is 1. The standard InChI is InChI=1S/C20H23ClFN3O5/c1-11-9-24(5-4-23(11)6-7-26)18-14(22)8-13-17(16(18)21)25(12-2-3-12)10-15(19(13)27)30-20(28)29/h8,10-12,26H,2-7,9H2,1H3,(H,28,29). The molecule has 1 aliphatic heterocycles. The van der Waals surface area contributed by atoms with E-state index in [9.17, 15) is 14.7 Å². The number of aromatic nitrogens is 1. The van der Waals surface area contributed by atoms with Crippen molar-refractivity contribution >= 4 is 34.3 Å². The van der Waals surface area contributed by atoms with Gasteiger partial charge in [0.2, 0.25) is 5.43 Å². The molecule has 1 aromatic heterocycles. The van der Waals surface area contributed by atoms with Crippen LogP contribution in [0, 0.1) is 5.82 Å². The molecule has 1 saturated heterocycles. The highest BCUT2D eigenvalue weighted by Gasteiger charge is 2.32. The second kappa shape index (κ2) is 8.05. The maximum atomic E-state index is 15.2. The molecule has 0 radical (unpaired) electrons. The molecule has 2 aliphatic rings. The number of rotatable bonds is 5. The lowest BCUT2D eigenvalue weighted by Gasteiger charge is -2.41. The third-order valence-corrected chi connectivity index (χ3v) is 6.12. The first kappa shape index (κ1) is 20.9. The van der Waals surface area contributed by atoms with Gasteiger partial charge >= 0.3 is 6.16 Å². The summed E-state index contributed by atoms with van der Waals surface area (Å²) in [6.07, 6.45) is 1.45. The summed E-state index contributed by atoms with van der Waals surface area (Å²) in [6.45, 7) is 4.32. The molecule has 30 heavy (non-hydrogen) atoms. The molecular weight excluding hydrogens is 417 g/mol. The van der Waals surface area contributed by atoms with E-state index in [1.807, 2.05) is 11.8 Å². The number of hydrogen-bond donors (Lipinski definition) is 2. The van der Waals surface area contributed by atoms with Gasteiger partial charge in [0.1, 0.15) is 5.82 Å². The molecule has 162 valence electrons. The zero-order chi connectivity index (χ0) is 21.6. The van der Waals surface area contributed by atoms with Crippen LogP contribution in [-0.2, 0) is 0 Å². The highest BCUT2D eigenvalue weighted by molar-refractivity contribution is 6.38. The third-order valence-electron chi connectivity index (χ3n) is 5.76. The van der Waals surface area contributed by atoms with Crippen molar-refractivity contribution in [2.75, 3.05) is 37.7 Å². The highest BCUT2D eigenvalue weighted by atomic mass is 35.5. The van der Waals surface area contributed by atoms with Crippen molar-refractivity contribution < 1.29 is 24.1 Å². The number of β-amino-alcohol motifs (C(OH)–C–C–N with tert-alkyl or cyclic N) is 1. The SMILES string of the molecule is CC1CN(c2c(F)cc3c(=O)c(OC(=O)O)cn(C4CC4)c3c2Cl)CCN1CCO. The number of aliphatic hydroxyl groups excluding tert-OH is 1. The Kier molecular flexibility index (Phi) is 5.61. The van der Waals surface area contributed by atoms with Gasteiger partial charge in [-0.05, 0) is 25.8 Å². The predicted molar refractivity (Wildman–Crippen MR) is 110 cm³/mol. The first-order valence-corrected chi connectivity index (χ1v) is 10.3. The summed E-state index contributed by atoms with van der Waals surface area (Å²) in [7, 11) is 0. The minimum Gasteiger partial charge on any atom is -0.449 e. The fourth-order valence-electron chi connectivity index (χ4n) is 4.16. The molecule has 2 aromatic rings. The van der Waals surface area contributed by atoms with Crippen molar-refractivity contribution in [3.63, 3.8) is 0 Å². The van der Waals surface area contributed by atoms with Crippen LogP contribution in [0.2, 0.25) is 5.02 Å². The molecule has 2 fully saturated rings. The van der Waals surface area contributed by atoms with Gasteiger partial charge in [0, 0.05) is 38.3 Å². The van der Waals surface area contributed by atoms with Gasteiger partial charge in [-0.3, -0.25) is 9.69 Å². The number of anilines is 1. The van der Waals surface area contributed by atoms with Gasteiger partial charge in [-0.2, -0.15) is 0 Å². The fourth-order valence-corrected chi connectivity index (χ4v) is 4.57. The minimum absolute atomic E-state index is 0.00105. The molecule has 8 nitrogen and oxygen atoms in total. The lowest BCUT2D eigenvalue weighted by atomic mass is 10.1. The molecular formula is C20H23ClFN3O5. The molecule has 1 aromatic carbocycles. The maximum absolute atomic E-state index is 15.2. The van der Waals surface area contributed by atoms with Crippen molar-refractivity contribution in [3.05, 3.63) is 33.3 Å². The average molecular weight is 440 g/mol. The number of benzene rings is 1. The second-order valence-electron chi connectivity index (χ2n) is 7.80. The topological polar surface area (TPSA) is 95.2 Å². The van der Waals surface area contributed by atoms with E-state index >= 15 is 4.39 Å². The highest BCUT2D eigenvalue weighted by Crippen LogP contribution is 2.43. The van der Waals surface area contributed by atoms with Crippen LogP contribution in [0.3, 0.4) is 0 Å². The summed E-state index contributed by atoms with van der Waals surface area (Å²) < 4.78 is 21.5. The van der Waals surface area contributed by atoms with Crippen molar-refractivity contribution in [1.82, 2.24) is 9.47 Å². The van der Waals surface area contributed by atoms with Crippen LogP contribution in [0.15, 0.2) is 17.1 Å². The summed E-state index contributed by atoms with van der Waals surface area (Å²) in [5.41, 5.74) is -0.0816. The average Bonchev–Trinajstić information content (AvgIpc) is 3.51. The molecule has 0 bridgehead atoms. The molecule has 1 unspecified atom stereocenters. The van der Waals surface area contributed by atoms with Gasteiger partial charge in [0.15, 0.2) is 5.75 Å². The van der Waals surface area contributed by atoms with Crippen molar-refractivity contribution in [3.8, 4) is 5.75 Å². The zero-order valence-electron chi connectivity index (χ0n) is 16.5. The van der Waals surface area contributed by atoms with Crippen LogP contribution in [0.4, 0.5) is 14.9 Å². The fraction of sp³-hybridized carbons (Fsp3) is 0.500. The van der Waals surface area contributed by atoms with Crippen LogP contribution >= 0.6 is 11.6 Å². The number of fused-ring (bicyclic) bond motifs is 1. The van der Waals surface area contributed by atoms with Gasteiger partial charge in [0.25, 0.3) is 0 Å². The van der Waals surface area contributed by atoms with Crippen LogP contribution in [0.1, 0.15) is 25.8 Å². The summed E-state index contributed by atoms with van der Waals surface area (Å²) in [5.74, 6) is -1.00. The van der Waals surface area contributed by atoms with Gasteiger partial charge in [-0.15, -0.1) is 0 Å². The smallest absolute Gasteiger partial charge is 0.449 e. The van der Waals surface area contributed by atoms with E-state index in [0.29, 0.717) is 31.7 Å². The Bertz CT molecular complexity index is 1060. The summed E-state index contributed by atoms with van der Waals surface area (Å²) >= 11 is 6.68. The maximum Gasteiger partial charge on any atom is 0.511 e. The summed E-state index contributed by atoms with van der Waals surface area (Å²) in [5, 5.41) is 18.3. The number of aliphatic hydroxyl groups is 1. The Labute approximate surface area is 177 Å². The van der Waals surface area contributed by atoms with Gasteiger partial charge in [-0.1, -0.05) is 11.6 Å². The number of carbonyl (C=O) groups is 1. The first-order valence-electron chi connectivity index (χ1n) is 9.89. The zero-order valence-corrected chi connectivity index (χ0v) is 17.2. The van der Waals surface area contributed by atoms with E-state index in [-0.39, 0.29) is 40.5 Å². The van der Waals surface area contributed by atoms with Gasteiger partial charge < -0.3 is 24.4 Å². The number of nitrogens with zero attached hydrogens (tertiary/aromatic N) is 3. The number of pyridine rings is 1. The number of ether oxygens (including phenoxy) is 1. The lowest BCUT2D eigenvalue weighted by Crippen LogP contribution is -2.53. The third kappa shape index (κ3) is 3.73. The molecule has 0 amide bonds. The second-order valence-corrected chi connectivity index (χ2v) is 8.18. The van der Waals surface area contributed by atoms with E-state index in [1.165, 1.54) is 6.20 Å². The Morgan fingerprint density at radius 1 is 1.37 bits per heavy atom. The predicted octanol–water partition coefficient (Wildman–Crippen LogP) is 2.69. The molecule has 1 saturated carbocycles. The Balaban J connectivity index is 1.83. The van der Waals surface area contributed by atoms with Crippen LogP contribution in [-0.4, -0.2) is 64.7 Å². The quantitative estimate of drug-likeness (QED) is 0.691. The van der Waals surface area contributed by atoms with E-state index in [0.717, 1.165) is 18.9 Å². The van der Waals surface area contributed by atoms with Crippen molar-refractivity contribution in [1.29, 1.82) is 0 Å². The van der Waals surface area contributed by atoms with E-state index < -0.39 is 17.4 Å². The Morgan fingerprint density at radius 2 is 2.10 bits per heavy atom. The lowest BCUT2D eigenvalue weighted by molar-refractivity contribution is 0.143. The van der Waals surface area contributed by atoms with Crippen LogP contribution in [0.5, 0.6) is 5.75 Å². The minimum atomic E-state index is -1.60. The van der Waals surface area contributed by atoms with E-state index in [1.54, 1.807) is 4.57 Å². The number of halogens is 2. The van der Waals surface area contributed by atoms with Gasteiger partial charge in [-0.25, -0.2) is 9.18 Å². The molecule has 2 heterocycles. The normalized spacial score (nSPS) is 20.0. The number of hydrogen-bond acceptors (Lipinski definition) is 6. The monoisotopic (exact) mass is 439 g/mol. The molecule has 0 spiro atoms. The molecule has 10 heteroatoms. The first-order chi connectivity index (χ1) is 14.3. The van der Waals surface area contributed by atoms with Crippen molar-refractivity contribution in [2.45, 2.75) is 31.8 Å². The van der Waals surface area contributed by atoms with E-state index in [4.69, 9.17) is 16.7 Å². The van der Waals surface area contributed by atoms with Gasteiger partial charge in [0.05, 0.1) is 34.4 Å². The van der Waals surface area contributed by atoms with Crippen LogP contribution in [0.25, 0.3) is 10.9 Å². The molecule has 1 atom stereocenters. The summed E-state index contributed by atoms with van der Waals surface area (Å²) in [4.78, 5) is 27.7.